The van der Waals surface area contributed by atoms with Gasteiger partial charge >= 0.3 is 5.97 Å². The van der Waals surface area contributed by atoms with E-state index >= 15 is 0 Å². The SMILES string of the molecule is COCC(Nc1nc(C(N)C(=O)O)cs1)C(C)C. The highest BCUT2D eigenvalue weighted by Crippen LogP contribution is 2.21. The number of nitrogens with one attached hydrogen (secondary N) is 1. The van der Waals surface area contributed by atoms with Gasteiger partial charge in [-0.15, -0.1) is 11.3 Å². The number of carboxylic acids is 1. The second-order valence-corrected chi connectivity index (χ2v) is 5.20. The highest BCUT2D eigenvalue weighted by molar-refractivity contribution is 7.13. The minimum absolute atomic E-state index is 0.134. The molecule has 1 aromatic heterocycles. The van der Waals surface area contributed by atoms with Gasteiger partial charge in [0.2, 0.25) is 0 Å². The molecule has 0 aliphatic rings. The molecule has 0 radical (unpaired) electrons. The van der Waals surface area contributed by atoms with Crippen molar-refractivity contribution >= 4 is 22.4 Å². The molecule has 0 aliphatic heterocycles. The molecule has 1 heterocycles. The fourth-order valence-corrected chi connectivity index (χ4v) is 2.17. The first kappa shape index (κ1) is 14.9. The Hall–Kier alpha value is -1.18. The van der Waals surface area contributed by atoms with Crippen LogP contribution in [0, 0.1) is 5.92 Å². The lowest BCUT2D eigenvalue weighted by Gasteiger charge is -2.20. The molecular weight excluding hydrogens is 254 g/mol. The van der Waals surface area contributed by atoms with Gasteiger partial charge in [-0.25, -0.2) is 4.98 Å². The van der Waals surface area contributed by atoms with E-state index in [9.17, 15) is 4.79 Å². The normalized spacial score (nSPS) is 14.5. The summed E-state index contributed by atoms with van der Waals surface area (Å²) in [7, 11) is 1.64. The fraction of sp³-hybridized carbons (Fsp3) is 0.636. The number of rotatable bonds is 7. The summed E-state index contributed by atoms with van der Waals surface area (Å²) in [5, 5.41) is 14.3. The molecule has 2 unspecified atom stereocenters. The molecule has 0 saturated heterocycles. The van der Waals surface area contributed by atoms with E-state index in [-0.39, 0.29) is 6.04 Å². The van der Waals surface area contributed by atoms with Gasteiger partial charge in [-0.1, -0.05) is 13.8 Å². The number of nitrogens with zero attached hydrogens (tertiary/aromatic N) is 1. The lowest BCUT2D eigenvalue weighted by atomic mass is 10.1. The van der Waals surface area contributed by atoms with Crippen molar-refractivity contribution in [1.29, 1.82) is 0 Å². The number of methoxy groups -OCH3 is 1. The van der Waals surface area contributed by atoms with Gasteiger partial charge in [-0.2, -0.15) is 0 Å². The molecule has 6 nitrogen and oxygen atoms in total. The summed E-state index contributed by atoms with van der Waals surface area (Å²) in [4.78, 5) is 14.9. The molecule has 0 amide bonds. The van der Waals surface area contributed by atoms with E-state index in [0.717, 1.165) is 0 Å². The molecule has 0 bridgehead atoms. The van der Waals surface area contributed by atoms with Crippen molar-refractivity contribution in [2.24, 2.45) is 11.7 Å². The fourth-order valence-electron chi connectivity index (χ4n) is 1.36. The van der Waals surface area contributed by atoms with E-state index in [2.05, 4.69) is 24.1 Å². The Kier molecular flexibility index (Phi) is 5.52. The molecule has 0 aromatic carbocycles. The molecule has 102 valence electrons. The van der Waals surface area contributed by atoms with Crippen LogP contribution in [0.1, 0.15) is 25.6 Å². The van der Waals surface area contributed by atoms with E-state index in [1.807, 2.05) is 0 Å². The van der Waals surface area contributed by atoms with Gasteiger partial charge in [0.25, 0.3) is 0 Å². The number of ether oxygens (including phenoxy) is 1. The van der Waals surface area contributed by atoms with Crippen LogP contribution in [-0.4, -0.2) is 35.8 Å². The zero-order valence-electron chi connectivity index (χ0n) is 10.7. The second kappa shape index (κ2) is 6.67. The zero-order chi connectivity index (χ0) is 13.7. The lowest BCUT2D eigenvalue weighted by Crippen LogP contribution is -2.30. The van der Waals surface area contributed by atoms with Gasteiger partial charge in [-0.3, -0.25) is 4.79 Å². The Balaban J connectivity index is 2.70. The number of hydrogen-bond acceptors (Lipinski definition) is 6. The van der Waals surface area contributed by atoms with Gasteiger partial charge in [0.05, 0.1) is 18.3 Å². The highest BCUT2D eigenvalue weighted by Gasteiger charge is 2.19. The quantitative estimate of drug-likeness (QED) is 0.693. The summed E-state index contributed by atoms with van der Waals surface area (Å²) in [6.45, 7) is 4.72. The van der Waals surface area contributed by atoms with Crippen LogP contribution in [-0.2, 0) is 9.53 Å². The molecule has 7 heteroatoms. The highest BCUT2D eigenvalue weighted by atomic mass is 32.1. The number of carboxylic acid groups (broad SMARTS) is 1. The van der Waals surface area contributed by atoms with Gasteiger partial charge in [-0.05, 0) is 5.92 Å². The Morgan fingerprint density at radius 3 is 2.83 bits per heavy atom. The Morgan fingerprint density at radius 1 is 1.67 bits per heavy atom. The summed E-state index contributed by atoms with van der Waals surface area (Å²) in [6.07, 6.45) is 0. The van der Waals surface area contributed by atoms with Crippen molar-refractivity contribution in [2.45, 2.75) is 25.9 Å². The third-order valence-electron chi connectivity index (χ3n) is 2.57. The average molecular weight is 273 g/mol. The predicted octanol–water partition coefficient (Wildman–Crippen LogP) is 1.31. The zero-order valence-corrected chi connectivity index (χ0v) is 11.5. The van der Waals surface area contributed by atoms with Crippen LogP contribution in [0.15, 0.2) is 5.38 Å². The smallest absolute Gasteiger partial charge is 0.326 e. The van der Waals surface area contributed by atoms with Crippen molar-refractivity contribution < 1.29 is 14.6 Å². The van der Waals surface area contributed by atoms with E-state index in [0.29, 0.717) is 23.4 Å². The number of nitrogens with two attached hydrogens (primary N) is 1. The first-order valence-electron chi connectivity index (χ1n) is 5.65. The second-order valence-electron chi connectivity index (χ2n) is 4.34. The van der Waals surface area contributed by atoms with Crippen molar-refractivity contribution in [3.8, 4) is 0 Å². The van der Waals surface area contributed by atoms with Crippen LogP contribution in [0.2, 0.25) is 0 Å². The molecule has 0 aliphatic carbocycles. The average Bonchev–Trinajstić information content (AvgIpc) is 2.75. The Labute approximate surface area is 110 Å². The number of aliphatic carboxylic acids is 1. The maximum atomic E-state index is 10.7. The van der Waals surface area contributed by atoms with Gasteiger partial charge < -0.3 is 20.9 Å². The minimum atomic E-state index is -1.08. The third-order valence-corrected chi connectivity index (χ3v) is 3.36. The first-order chi connectivity index (χ1) is 8.45. The van der Waals surface area contributed by atoms with Crippen LogP contribution < -0.4 is 11.1 Å². The molecule has 0 spiro atoms. The number of anilines is 1. The standard InChI is InChI=1S/C11H19N3O3S/c1-6(2)7(4-17-3)13-11-14-8(5-18-11)9(12)10(15)16/h5-7,9H,4,12H2,1-3H3,(H,13,14)(H,15,16). The maximum Gasteiger partial charge on any atom is 0.326 e. The van der Waals surface area contributed by atoms with Crippen LogP contribution >= 0.6 is 11.3 Å². The van der Waals surface area contributed by atoms with Crippen LogP contribution in [0.25, 0.3) is 0 Å². The number of thiazole rings is 1. The monoisotopic (exact) mass is 273 g/mol. The largest absolute Gasteiger partial charge is 0.480 e. The van der Waals surface area contributed by atoms with Gasteiger partial charge in [0.15, 0.2) is 5.13 Å². The Morgan fingerprint density at radius 2 is 2.33 bits per heavy atom. The summed E-state index contributed by atoms with van der Waals surface area (Å²) in [5.74, 6) is -0.699. The third kappa shape index (κ3) is 3.94. The molecule has 4 N–H and O–H groups in total. The predicted molar refractivity (Wildman–Crippen MR) is 70.8 cm³/mol. The van der Waals surface area contributed by atoms with E-state index in [1.165, 1.54) is 11.3 Å². The molecule has 1 aromatic rings. The minimum Gasteiger partial charge on any atom is -0.480 e. The van der Waals surface area contributed by atoms with Crippen LogP contribution in [0.3, 0.4) is 0 Å². The molecule has 1 rings (SSSR count). The summed E-state index contributed by atoms with van der Waals surface area (Å²) in [6, 6.07) is -0.938. The van der Waals surface area contributed by atoms with Crippen molar-refractivity contribution in [3.63, 3.8) is 0 Å². The van der Waals surface area contributed by atoms with E-state index < -0.39 is 12.0 Å². The van der Waals surface area contributed by atoms with Crippen LogP contribution in [0.5, 0.6) is 0 Å². The lowest BCUT2D eigenvalue weighted by molar-refractivity contribution is -0.138. The molecule has 0 fully saturated rings. The summed E-state index contributed by atoms with van der Waals surface area (Å²) >= 11 is 1.35. The molecule has 18 heavy (non-hydrogen) atoms. The van der Waals surface area contributed by atoms with Crippen molar-refractivity contribution in [1.82, 2.24) is 4.98 Å². The van der Waals surface area contributed by atoms with Crippen molar-refractivity contribution in [3.05, 3.63) is 11.1 Å². The van der Waals surface area contributed by atoms with Gasteiger partial charge in [0, 0.05) is 12.5 Å². The number of aromatic nitrogens is 1. The summed E-state index contributed by atoms with van der Waals surface area (Å²) in [5.41, 5.74) is 5.86. The van der Waals surface area contributed by atoms with E-state index in [4.69, 9.17) is 15.6 Å². The summed E-state index contributed by atoms with van der Waals surface area (Å²) < 4.78 is 5.13. The molecule has 0 saturated carbocycles. The number of carbonyl (C=O) groups is 1. The van der Waals surface area contributed by atoms with E-state index in [1.54, 1.807) is 12.5 Å². The topological polar surface area (TPSA) is 97.5 Å². The Bertz CT molecular complexity index is 395. The van der Waals surface area contributed by atoms with Crippen molar-refractivity contribution in [2.75, 3.05) is 19.0 Å². The maximum absolute atomic E-state index is 10.7. The molecular formula is C11H19N3O3S. The number of hydrogen-bond donors (Lipinski definition) is 3. The van der Waals surface area contributed by atoms with Gasteiger partial charge in [0.1, 0.15) is 6.04 Å². The first-order valence-corrected chi connectivity index (χ1v) is 6.53. The molecule has 2 atom stereocenters. The van der Waals surface area contributed by atoms with Crippen LogP contribution in [0.4, 0.5) is 5.13 Å².